The maximum atomic E-state index is 9.29. The Bertz CT molecular complexity index is 261. The standard InChI is InChI=1S/C12H18O3/c1-10(12(14)7-13)8-15-9-11-5-3-2-4-6-11/h2-6,10,12-14H,7-9H2,1H3/t10-,12+/m1/s1. The van der Waals surface area contributed by atoms with E-state index < -0.39 is 6.10 Å². The molecule has 0 unspecified atom stereocenters. The summed E-state index contributed by atoms with van der Waals surface area (Å²) in [6.45, 7) is 2.64. The van der Waals surface area contributed by atoms with Crippen molar-refractivity contribution in [2.45, 2.75) is 19.6 Å². The Morgan fingerprint density at radius 3 is 2.53 bits per heavy atom. The highest BCUT2D eigenvalue weighted by molar-refractivity contribution is 5.13. The summed E-state index contributed by atoms with van der Waals surface area (Å²) in [6.07, 6.45) is -0.694. The Morgan fingerprint density at radius 2 is 1.93 bits per heavy atom. The van der Waals surface area contributed by atoms with Crippen molar-refractivity contribution in [2.75, 3.05) is 13.2 Å². The summed E-state index contributed by atoms with van der Waals surface area (Å²) >= 11 is 0. The van der Waals surface area contributed by atoms with Crippen LogP contribution in [0, 0.1) is 5.92 Å². The second-order valence-corrected chi connectivity index (χ2v) is 3.73. The van der Waals surface area contributed by atoms with Gasteiger partial charge >= 0.3 is 0 Å². The maximum absolute atomic E-state index is 9.29. The molecule has 0 aliphatic rings. The molecule has 1 rings (SSSR count). The molecule has 2 N–H and O–H groups in total. The average molecular weight is 210 g/mol. The van der Waals surface area contributed by atoms with Gasteiger partial charge in [0.25, 0.3) is 0 Å². The number of rotatable bonds is 6. The van der Waals surface area contributed by atoms with E-state index in [1.165, 1.54) is 0 Å². The molecule has 84 valence electrons. The molecule has 3 nitrogen and oxygen atoms in total. The van der Waals surface area contributed by atoms with E-state index in [1.54, 1.807) is 0 Å². The lowest BCUT2D eigenvalue weighted by Crippen LogP contribution is -2.25. The number of hydrogen-bond acceptors (Lipinski definition) is 3. The first-order chi connectivity index (χ1) is 7.24. The first-order valence-corrected chi connectivity index (χ1v) is 5.14. The number of aliphatic hydroxyl groups is 2. The van der Waals surface area contributed by atoms with Crippen molar-refractivity contribution in [1.82, 2.24) is 0 Å². The minimum Gasteiger partial charge on any atom is -0.394 e. The predicted molar refractivity (Wildman–Crippen MR) is 58.4 cm³/mol. The van der Waals surface area contributed by atoms with Crippen LogP contribution in [-0.2, 0) is 11.3 Å². The molecule has 0 spiro atoms. The summed E-state index contributed by atoms with van der Waals surface area (Å²) in [5, 5.41) is 18.0. The van der Waals surface area contributed by atoms with Crippen molar-refractivity contribution < 1.29 is 14.9 Å². The van der Waals surface area contributed by atoms with Crippen LogP contribution >= 0.6 is 0 Å². The molecule has 0 aliphatic carbocycles. The third-order valence-corrected chi connectivity index (χ3v) is 2.34. The quantitative estimate of drug-likeness (QED) is 0.741. The van der Waals surface area contributed by atoms with Gasteiger partial charge in [0.2, 0.25) is 0 Å². The fraction of sp³-hybridized carbons (Fsp3) is 0.500. The summed E-state index contributed by atoms with van der Waals surface area (Å²) in [6, 6.07) is 9.87. The predicted octanol–water partition coefficient (Wildman–Crippen LogP) is 1.19. The van der Waals surface area contributed by atoms with Crippen LogP contribution in [0.4, 0.5) is 0 Å². The summed E-state index contributed by atoms with van der Waals surface area (Å²) in [4.78, 5) is 0. The van der Waals surface area contributed by atoms with E-state index in [0.29, 0.717) is 13.2 Å². The number of benzene rings is 1. The maximum Gasteiger partial charge on any atom is 0.0818 e. The monoisotopic (exact) mass is 210 g/mol. The summed E-state index contributed by atoms with van der Waals surface area (Å²) in [5.74, 6) is -0.0429. The van der Waals surface area contributed by atoms with E-state index in [-0.39, 0.29) is 12.5 Å². The van der Waals surface area contributed by atoms with Crippen molar-refractivity contribution in [2.24, 2.45) is 5.92 Å². The summed E-state index contributed by atoms with van der Waals surface area (Å²) in [5.41, 5.74) is 1.11. The Hall–Kier alpha value is -0.900. The Kier molecular flexibility index (Phi) is 5.32. The molecule has 0 aromatic heterocycles. The van der Waals surface area contributed by atoms with Gasteiger partial charge in [0.05, 0.1) is 25.9 Å². The second-order valence-electron chi connectivity index (χ2n) is 3.73. The lowest BCUT2D eigenvalue weighted by atomic mass is 10.1. The van der Waals surface area contributed by atoms with Crippen LogP contribution in [-0.4, -0.2) is 29.5 Å². The van der Waals surface area contributed by atoms with E-state index in [0.717, 1.165) is 5.56 Å². The number of ether oxygens (including phenoxy) is 1. The lowest BCUT2D eigenvalue weighted by molar-refractivity contribution is 0.00179. The fourth-order valence-electron chi connectivity index (χ4n) is 1.23. The topological polar surface area (TPSA) is 49.7 Å². The van der Waals surface area contributed by atoms with Crippen molar-refractivity contribution >= 4 is 0 Å². The molecule has 15 heavy (non-hydrogen) atoms. The molecular formula is C12H18O3. The summed E-state index contributed by atoms with van der Waals surface area (Å²) < 4.78 is 5.43. The molecule has 0 amide bonds. The van der Waals surface area contributed by atoms with Crippen LogP contribution < -0.4 is 0 Å². The van der Waals surface area contributed by atoms with Gasteiger partial charge in [0.1, 0.15) is 0 Å². The van der Waals surface area contributed by atoms with E-state index in [1.807, 2.05) is 37.3 Å². The van der Waals surface area contributed by atoms with Crippen molar-refractivity contribution in [1.29, 1.82) is 0 Å². The number of aliphatic hydroxyl groups excluding tert-OH is 2. The van der Waals surface area contributed by atoms with Gasteiger partial charge in [-0.1, -0.05) is 37.3 Å². The van der Waals surface area contributed by atoms with Crippen LogP contribution in [0.1, 0.15) is 12.5 Å². The minimum absolute atomic E-state index is 0.0429. The first-order valence-electron chi connectivity index (χ1n) is 5.14. The second kappa shape index (κ2) is 6.56. The van der Waals surface area contributed by atoms with Crippen LogP contribution in [0.5, 0.6) is 0 Å². The number of hydrogen-bond donors (Lipinski definition) is 2. The molecule has 0 saturated heterocycles. The highest BCUT2D eigenvalue weighted by Gasteiger charge is 2.12. The Balaban J connectivity index is 2.22. The zero-order valence-corrected chi connectivity index (χ0v) is 8.97. The average Bonchev–Trinajstić information content (AvgIpc) is 2.29. The Labute approximate surface area is 90.3 Å². The van der Waals surface area contributed by atoms with Gasteiger partial charge < -0.3 is 14.9 Å². The molecule has 0 heterocycles. The van der Waals surface area contributed by atoms with Gasteiger partial charge in [0.15, 0.2) is 0 Å². The molecule has 0 bridgehead atoms. The highest BCUT2D eigenvalue weighted by Crippen LogP contribution is 2.06. The first kappa shape index (κ1) is 12.2. The summed E-state index contributed by atoms with van der Waals surface area (Å²) in [7, 11) is 0. The molecule has 3 heteroatoms. The highest BCUT2D eigenvalue weighted by atomic mass is 16.5. The Morgan fingerprint density at radius 1 is 1.27 bits per heavy atom. The molecule has 0 aliphatic heterocycles. The van der Waals surface area contributed by atoms with E-state index in [9.17, 15) is 5.11 Å². The zero-order chi connectivity index (χ0) is 11.1. The molecule has 0 radical (unpaired) electrons. The molecular weight excluding hydrogens is 192 g/mol. The molecule has 1 aromatic rings. The molecule has 1 aromatic carbocycles. The normalized spacial score (nSPS) is 14.9. The third-order valence-electron chi connectivity index (χ3n) is 2.34. The van der Waals surface area contributed by atoms with E-state index in [4.69, 9.17) is 9.84 Å². The van der Waals surface area contributed by atoms with Crippen molar-refractivity contribution in [3.8, 4) is 0 Å². The van der Waals surface area contributed by atoms with Gasteiger partial charge in [-0.2, -0.15) is 0 Å². The molecule has 0 saturated carbocycles. The molecule has 2 atom stereocenters. The van der Waals surface area contributed by atoms with E-state index >= 15 is 0 Å². The van der Waals surface area contributed by atoms with Crippen molar-refractivity contribution in [3.63, 3.8) is 0 Å². The lowest BCUT2D eigenvalue weighted by Gasteiger charge is -2.16. The van der Waals surface area contributed by atoms with Crippen LogP contribution in [0.25, 0.3) is 0 Å². The zero-order valence-electron chi connectivity index (χ0n) is 8.97. The molecule has 0 fully saturated rings. The van der Waals surface area contributed by atoms with Gasteiger partial charge in [-0.15, -0.1) is 0 Å². The van der Waals surface area contributed by atoms with Crippen molar-refractivity contribution in [3.05, 3.63) is 35.9 Å². The van der Waals surface area contributed by atoms with Crippen LogP contribution in [0.15, 0.2) is 30.3 Å². The smallest absolute Gasteiger partial charge is 0.0818 e. The minimum atomic E-state index is -0.694. The van der Waals surface area contributed by atoms with Gasteiger partial charge in [-0.25, -0.2) is 0 Å². The largest absolute Gasteiger partial charge is 0.394 e. The third kappa shape index (κ3) is 4.42. The van der Waals surface area contributed by atoms with E-state index in [2.05, 4.69) is 0 Å². The SMILES string of the molecule is C[C@H](COCc1ccccc1)[C@@H](O)CO. The van der Waals surface area contributed by atoms with Gasteiger partial charge in [-0.3, -0.25) is 0 Å². The van der Waals surface area contributed by atoms with Gasteiger partial charge in [0, 0.05) is 5.92 Å². The van der Waals surface area contributed by atoms with Crippen LogP contribution in [0.2, 0.25) is 0 Å². The van der Waals surface area contributed by atoms with Gasteiger partial charge in [-0.05, 0) is 5.56 Å². The van der Waals surface area contributed by atoms with Crippen LogP contribution in [0.3, 0.4) is 0 Å². The fourth-order valence-corrected chi connectivity index (χ4v) is 1.23.